The summed E-state index contributed by atoms with van der Waals surface area (Å²) in [6.45, 7) is 3.48. The first-order valence-corrected chi connectivity index (χ1v) is 11.1. The maximum atomic E-state index is 13.0. The molecule has 152 valence electrons. The van der Waals surface area contributed by atoms with Gasteiger partial charge in [0.15, 0.2) is 0 Å². The number of aryl methyl sites for hydroxylation is 2. The second-order valence-electron chi connectivity index (χ2n) is 7.17. The largest absolute Gasteiger partial charge is 0.355 e. The van der Waals surface area contributed by atoms with E-state index in [0.717, 1.165) is 40.3 Å². The zero-order chi connectivity index (χ0) is 20.8. The van der Waals surface area contributed by atoms with E-state index in [4.69, 9.17) is 0 Å². The summed E-state index contributed by atoms with van der Waals surface area (Å²) in [5.41, 5.74) is 3.17. The first-order chi connectivity index (χ1) is 14.7. The summed E-state index contributed by atoms with van der Waals surface area (Å²) < 4.78 is 2.22. The van der Waals surface area contributed by atoms with Gasteiger partial charge in [-0.1, -0.05) is 60.7 Å². The van der Waals surface area contributed by atoms with E-state index in [0.29, 0.717) is 6.54 Å². The van der Waals surface area contributed by atoms with Crippen LogP contribution in [-0.4, -0.2) is 22.0 Å². The minimum absolute atomic E-state index is 0.0438. The van der Waals surface area contributed by atoms with E-state index in [2.05, 4.69) is 20.9 Å². The number of hydrogen-bond donors (Lipinski definition) is 1. The number of nitrogens with one attached hydrogen (secondary N) is 1. The molecule has 0 bridgehead atoms. The molecule has 1 N–H and O–H groups in total. The number of nitrogens with zero attached hydrogens (tertiary/aromatic N) is 2. The lowest BCUT2D eigenvalue weighted by Gasteiger charge is -2.17. The van der Waals surface area contributed by atoms with Gasteiger partial charge in [0, 0.05) is 18.0 Å². The molecule has 1 aromatic heterocycles. The first kappa shape index (κ1) is 20.2. The number of carbonyl (C=O) groups is 1. The summed E-state index contributed by atoms with van der Waals surface area (Å²) in [4.78, 5) is 18.7. The van der Waals surface area contributed by atoms with Crippen LogP contribution in [0.4, 0.5) is 0 Å². The third-order valence-corrected chi connectivity index (χ3v) is 6.31. The molecule has 0 aliphatic carbocycles. The maximum absolute atomic E-state index is 13.0. The molecule has 1 heterocycles. The number of amides is 1. The van der Waals surface area contributed by atoms with Crippen molar-refractivity contribution in [2.75, 3.05) is 6.54 Å². The quantitative estimate of drug-likeness (QED) is 0.310. The van der Waals surface area contributed by atoms with Crippen LogP contribution in [0.1, 0.15) is 23.1 Å². The van der Waals surface area contributed by atoms with Crippen molar-refractivity contribution in [3.05, 3.63) is 96.3 Å². The number of aromatic nitrogens is 2. The van der Waals surface area contributed by atoms with Gasteiger partial charge < -0.3 is 9.88 Å². The number of hydrogen-bond acceptors (Lipinski definition) is 3. The summed E-state index contributed by atoms with van der Waals surface area (Å²) in [5, 5.41) is 2.86. The fourth-order valence-corrected chi connectivity index (χ4v) is 4.63. The van der Waals surface area contributed by atoms with Crippen LogP contribution in [0.15, 0.2) is 89.8 Å². The molecule has 0 aliphatic heterocycles. The topological polar surface area (TPSA) is 46.9 Å². The molecule has 4 aromatic rings. The van der Waals surface area contributed by atoms with Crippen molar-refractivity contribution in [1.82, 2.24) is 14.9 Å². The van der Waals surface area contributed by atoms with Crippen molar-refractivity contribution in [2.45, 2.75) is 30.0 Å². The van der Waals surface area contributed by atoms with Crippen LogP contribution >= 0.6 is 11.8 Å². The summed E-state index contributed by atoms with van der Waals surface area (Å²) >= 11 is 1.58. The van der Waals surface area contributed by atoms with Crippen molar-refractivity contribution < 1.29 is 4.79 Å². The second kappa shape index (κ2) is 9.63. The van der Waals surface area contributed by atoms with E-state index < -0.39 is 0 Å². The van der Waals surface area contributed by atoms with Gasteiger partial charge in [0.1, 0.15) is 11.1 Å². The molecule has 0 saturated carbocycles. The molecule has 1 atom stereocenters. The van der Waals surface area contributed by atoms with E-state index in [-0.39, 0.29) is 11.2 Å². The lowest BCUT2D eigenvalue weighted by molar-refractivity contribution is -0.120. The Morgan fingerprint density at radius 1 is 0.967 bits per heavy atom. The number of para-hydroxylation sites is 2. The molecule has 1 unspecified atom stereocenters. The highest BCUT2D eigenvalue weighted by Gasteiger charge is 2.21. The maximum Gasteiger partial charge on any atom is 0.237 e. The van der Waals surface area contributed by atoms with Gasteiger partial charge in [0.05, 0.1) is 11.0 Å². The average molecular weight is 416 g/mol. The fraction of sp³-hybridized carbons (Fsp3) is 0.200. The van der Waals surface area contributed by atoms with Gasteiger partial charge in [-0.15, -0.1) is 11.8 Å². The van der Waals surface area contributed by atoms with Gasteiger partial charge in [-0.05, 0) is 43.2 Å². The minimum Gasteiger partial charge on any atom is -0.355 e. The van der Waals surface area contributed by atoms with Crippen molar-refractivity contribution in [3.63, 3.8) is 0 Å². The molecule has 0 radical (unpaired) electrons. The number of thioether (sulfide) groups is 1. The van der Waals surface area contributed by atoms with Crippen LogP contribution in [-0.2, 0) is 11.3 Å². The number of rotatable bonds is 8. The normalized spacial score (nSPS) is 12.0. The zero-order valence-corrected chi connectivity index (χ0v) is 17.8. The molecule has 0 fully saturated rings. The Morgan fingerprint density at radius 3 is 2.40 bits per heavy atom. The van der Waals surface area contributed by atoms with Crippen molar-refractivity contribution in [1.29, 1.82) is 0 Å². The van der Waals surface area contributed by atoms with E-state index in [1.54, 1.807) is 11.8 Å². The Morgan fingerprint density at radius 2 is 1.63 bits per heavy atom. The van der Waals surface area contributed by atoms with Gasteiger partial charge >= 0.3 is 0 Å². The molecule has 0 aliphatic rings. The summed E-state index contributed by atoms with van der Waals surface area (Å²) in [6.07, 6.45) is 0.852. The monoisotopic (exact) mass is 415 g/mol. The minimum atomic E-state index is -0.274. The molecule has 0 saturated heterocycles. The Bertz CT molecular complexity index is 1110. The van der Waals surface area contributed by atoms with Crippen LogP contribution < -0.4 is 5.32 Å². The Kier molecular flexibility index (Phi) is 6.50. The lowest BCUT2D eigenvalue weighted by Crippen LogP contribution is -2.29. The summed E-state index contributed by atoms with van der Waals surface area (Å²) in [6, 6.07) is 28.2. The number of carbonyl (C=O) groups excluding carboxylic acids is 1. The van der Waals surface area contributed by atoms with E-state index in [1.807, 2.05) is 85.8 Å². The number of benzene rings is 3. The molecule has 5 heteroatoms. The highest BCUT2D eigenvalue weighted by atomic mass is 32.2. The third-order valence-electron chi connectivity index (χ3n) is 5.04. The van der Waals surface area contributed by atoms with E-state index >= 15 is 0 Å². The van der Waals surface area contributed by atoms with Crippen molar-refractivity contribution in [2.24, 2.45) is 0 Å². The molecule has 0 spiro atoms. The van der Waals surface area contributed by atoms with Crippen LogP contribution in [0, 0.1) is 6.92 Å². The molecule has 1 amide bonds. The molecular formula is C25H25N3OS. The highest BCUT2D eigenvalue weighted by Crippen LogP contribution is 2.35. The Hall–Kier alpha value is -3.05. The molecule has 4 nitrogen and oxygen atoms in total. The van der Waals surface area contributed by atoms with Crippen LogP contribution in [0.25, 0.3) is 11.0 Å². The smallest absolute Gasteiger partial charge is 0.237 e. The van der Waals surface area contributed by atoms with Gasteiger partial charge in [0.2, 0.25) is 5.91 Å². The van der Waals surface area contributed by atoms with Crippen LogP contribution in [0.2, 0.25) is 0 Å². The van der Waals surface area contributed by atoms with Crippen LogP contribution in [0.5, 0.6) is 0 Å². The van der Waals surface area contributed by atoms with Gasteiger partial charge in [-0.25, -0.2) is 4.98 Å². The number of imidazole rings is 1. The first-order valence-electron chi connectivity index (χ1n) is 10.2. The second-order valence-corrected chi connectivity index (χ2v) is 8.34. The predicted molar refractivity (Wildman–Crippen MR) is 124 cm³/mol. The Labute approximate surface area is 181 Å². The third kappa shape index (κ3) is 4.74. The van der Waals surface area contributed by atoms with Gasteiger partial charge in [-0.3, -0.25) is 4.79 Å². The van der Waals surface area contributed by atoms with Crippen molar-refractivity contribution >= 4 is 28.7 Å². The standard InChI is InChI=1S/C25H25N3OS/c1-19-27-22-15-8-9-16-23(22)28(19)18-10-17-26-25(29)24(20-11-4-2-5-12-20)30-21-13-6-3-7-14-21/h2-9,11-16,24H,10,17-18H2,1H3,(H,26,29). The fourth-order valence-electron chi connectivity index (χ4n) is 3.56. The SMILES string of the molecule is Cc1nc2ccccc2n1CCCNC(=O)C(Sc1ccccc1)c1ccccc1. The van der Waals surface area contributed by atoms with Gasteiger partial charge in [0.25, 0.3) is 0 Å². The molecular weight excluding hydrogens is 390 g/mol. The molecule has 4 rings (SSSR count). The van der Waals surface area contributed by atoms with E-state index in [9.17, 15) is 4.79 Å². The summed E-state index contributed by atoms with van der Waals surface area (Å²) in [7, 11) is 0. The van der Waals surface area contributed by atoms with Crippen molar-refractivity contribution in [3.8, 4) is 0 Å². The molecule has 30 heavy (non-hydrogen) atoms. The van der Waals surface area contributed by atoms with Crippen LogP contribution in [0.3, 0.4) is 0 Å². The lowest BCUT2D eigenvalue weighted by atomic mass is 10.1. The highest BCUT2D eigenvalue weighted by molar-refractivity contribution is 8.00. The Balaban J connectivity index is 1.39. The van der Waals surface area contributed by atoms with Gasteiger partial charge in [-0.2, -0.15) is 0 Å². The summed E-state index contributed by atoms with van der Waals surface area (Å²) in [5.74, 6) is 1.05. The average Bonchev–Trinajstić information content (AvgIpc) is 3.11. The number of fused-ring (bicyclic) bond motifs is 1. The zero-order valence-electron chi connectivity index (χ0n) is 17.0. The predicted octanol–water partition coefficient (Wildman–Crippen LogP) is 5.38. The van der Waals surface area contributed by atoms with E-state index in [1.165, 1.54) is 0 Å². The molecule has 3 aromatic carbocycles.